The lowest BCUT2D eigenvalue weighted by Crippen LogP contribution is -2.11. The van der Waals surface area contributed by atoms with E-state index in [0.717, 1.165) is 55.8 Å². The van der Waals surface area contributed by atoms with E-state index in [0.29, 0.717) is 11.3 Å². The maximum atomic E-state index is 9.63. The predicted octanol–water partition coefficient (Wildman–Crippen LogP) is 16.3. The Morgan fingerprint density at radius 1 is 0.271 bits per heavy atom. The monoisotopic (exact) mass is 755 g/mol. The molecule has 0 heterocycles. The first kappa shape index (κ1) is 31.4. The lowest BCUT2D eigenvalue weighted by atomic mass is 9.95. The zero-order valence-electron chi connectivity index (χ0n) is 36.3. The molecule has 0 fully saturated rings. The number of hydrogen-bond donors (Lipinski definition) is 0. The maximum Gasteiger partial charge on any atom is 0.0645 e. The smallest absolute Gasteiger partial charge is 0.0645 e. The van der Waals surface area contributed by atoms with Gasteiger partial charge in [-0.15, -0.1) is 0 Å². The van der Waals surface area contributed by atoms with Gasteiger partial charge in [0.15, 0.2) is 0 Å². The zero-order valence-corrected chi connectivity index (χ0v) is 32.3. The summed E-state index contributed by atoms with van der Waals surface area (Å²) < 4.78 is 38.1. The summed E-state index contributed by atoms with van der Waals surface area (Å²) in [5.74, 6) is 0. The lowest BCUT2D eigenvalue weighted by molar-refractivity contribution is 1.28. The minimum Gasteiger partial charge on any atom is -0.310 e. The van der Waals surface area contributed by atoms with Gasteiger partial charge in [-0.05, 0) is 108 Å². The maximum absolute atomic E-state index is 9.63. The number of nitrogens with zero attached hydrogens (tertiary/aromatic N) is 1. The zero-order chi connectivity index (χ0) is 42.9. The van der Waals surface area contributed by atoms with E-state index in [-0.39, 0.29) is 35.4 Å². The summed E-state index contributed by atoms with van der Waals surface area (Å²) in [5.41, 5.74) is 13.0. The predicted molar refractivity (Wildman–Crippen MR) is 251 cm³/mol. The second-order valence-corrected chi connectivity index (χ2v) is 14.6. The fraction of sp³-hybridized carbons (Fsp3) is 0. The average Bonchev–Trinajstić information content (AvgIpc) is 3.35. The van der Waals surface area contributed by atoms with Crippen molar-refractivity contribution in [3.63, 3.8) is 0 Å². The Bertz CT molecular complexity index is 3200. The summed E-state index contributed by atoms with van der Waals surface area (Å²) in [6, 6.07) is 75.6. The molecule has 0 saturated carbocycles. The van der Waals surface area contributed by atoms with Crippen LogP contribution in [-0.2, 0) is 0 Å². The van der Waals surface area contributed by atoms with Crippen LogP contribution in [0.5, 0.6) is 0 Å². The molecule has 0 radical (unpaired) electrons. The fourth-order valence-electron chi connectivity index (χ4n) is 7.94. The Labute approximate surface area is 352 Å². The van der Waals surface area contributed by atoms with Gasteiger partial charge in [-0.25, -0.2) is 0 Å². The van der Waals surface area contributed by atoms with Crippen LogP contribution in [0.1, 0.15) is 5.48 Å². The van der Waals surface area contributed by atoms with Crippen LogP contribution < -0.4 is 4.90 Å². The van der Waals surface area contributed by atoms with Gasteiger partial charge < -0.3 is 4.90 Å². The summed E-state index contributed by atoms with van der Waals surface area (Å²) >= 11 is 0. The van der Waals surface area contributed by atoms with Crippen molar-refractivity contribution in [3.05, 3.63) is 249 Å². The van der Waals surface area contributed by atoms with E-state index < -0.39 is 0 Å². The van der Waals surface area contributed by atoms with Crippen LogP contribution >= 0.6 is 0 Å². The molecular weight excluding hydrogens is 711 g/mol. The first-order chi connectivity index (χ1) is 30.9. The van der Waals surface area contributed by atoms with Crippen LogP contribution in [0.15, 0.2) is 249 Å². The number of para-hydroxylation sites is 1. The van der Waals surface area contributed by atoms with Crippen molar-refractivity contribution in [3.8, 4) is 66.8 Å². The van der Waals surface area contributed by atoms with Gasteiger partial charge in [0.25, 0.3) is 0 Å². The van der Waals surface area contributed by atoms with E-state index in [1.807, 2.05) is 114 Å². The topological polar surface area (TPSA) is 3.24 Å². The van der Waals surface area contributed by atoms with Gasteiger partial charge in [0.1, 0.15) is 0 Å². The molecule has 0 aromatic heterocycles. The molecule has 10 aromatic carbocycles. The van der Waals surface area contributed by atoms with E-state index in [9.17, 15) is 5.48 Å². The molecular formula is C58H41N. The Hall–Kier alpha value is -7.74. The molecule has 10 rings (SSSR count). The van der Waals surface area contributed by atoms with Crippen LogP contribution in [-0.4, -0.2) is 0 Å². The molecule has 0 spiro atoms. The Kier molecular flexibility index (Phi) is 8.51. The average molecular weight is 756 g/mol. The molecule has 59 heavy (non-hydrogen) atoms. The molecule has 0 N–H and O–H groups in total. The molecule has 1 nitrogen and oxygen atoms in total. The molecule has 0 aliphatic heterocycles. The van der Waals surface area contributed by atoms with Crippen LogP contribution in [0.25, 0.3) is 77.5 Å². The highest BCUT2D eigenvalue weighted by Gasteiger charge is 2.18. The van der Waals surface area contributed by atoms with E-state index in [2.05, 4.69) is 115 Å². The number of anilines is 3. The van der Waals surface area contributed by atoms with E-state index in [4.69, 9.17) is 0 Å². The molecule has 0 aliphatic rings. The minimum atomic E-state index is -0.126. The van der Waals surface area contributed by atoms with Gasteiger partial charge in [-0.3, -0.25) is 0 Å². The van der Waals surface area contributed by atoms with Crippen molar-refractivity contribution in [1.29, 1.82) is 0 Å². The highest BCUT2D eigenvalue weighted by Crippen LogP contribution is 2.42. The highest BCUT2D eigenvalue weighted by molar-refractivity contribution is 5.97. The van der Waals surface area contributed by atoms with Crippen LogP contribution in [0.4, 0.5) is 17.1 Å². The quantitative estimate of drug-likeness (QED) is 0.142. The molecule has 0 saturated heterocycles. The molecule has 0 amide bonds. The summed E-state index contributed by atoms with van der Waals surface area (Å²) in [6.45, 7) is 0. The van der Waals surface area contributed by atoms with Crippen molar-refractivity contribution in [2.45, 2.75) is 0 Å². The summed E-state index contributed by atoms with van der Waals surface area (Å²) in [6.07, 6.45) is 0. The third-order valence-electron chi connectivity index (χ3n) is 11.0. The fourth-order valence-corrected chi connectivity index (χ4v) is 7.94. The van der Waals surface area contributed by atoms with Crippen molar-refractivity contribution in [2.75, 3.05) is 4.90 Å². The van der Waals surface area contributed by atoms with Gasteiger partial charge in [-0.1, -0.05) is 212 Å². The molecule has 0 aliphatic carbocycles. The molecule has 0 atom stereocenters. The first-order valence-electron chi connectivity index (χ1n) is 21.9. The lowest BCUT2D eigenvalue weighted by Gasteiger charge is -2.28. The van der Waals surface area contributed by atoms with Crippen molar-refractivity contribution in [2.24, 2.45) is 0 Å². The van der Waals surface area contributed by atoms with Crippen LogP contribution in [0, 0.1) is 0 Å². The molecule has 1 heteroatoms. The van der Waals surface area contributed by atoms with Crippen molar-refractivity contribution in [1.82, 2.24) is 0 Å². The second-order valence-electron chi connectivity index (χ2n) is 14.6. The minimum absolute atomic E-state index is 0.102. The van der Waals surface area contributed by atoms with E-state index in [1.165, 1.54) is 16.3 Å². The summed E-state index contributed by atoms with van der Waals surface area (Å²) in [5, 5.41) is 2.40. The van der Waals surface area contributed by atoms with Crippen LogP contribution in [0.3, 0.4) is 0 Å². The van der Waals surface area contributed by atoms with Gasteiger partial charge in [0, 0.05) is 16.9 Å². The highest BCUT2D eigenvalue weighted by atomic mass is 15.1. The second kappa shape index (κ2) is 16.0. The standard InChI is InChI=1S/C58H41N/c1-3-13-42(14-4-1)44-25-27-46(28-26-44)47-33-37-53(38-34-47)59(58-24-10-9-22-57(58)50-31-29-45(30-32-50)43-15-5-2-6-16-43)54-39-35-48(36-40-54)51-19-11-20-52(41-51)56-23-12-18-49-17-7-8-21-55(49)56/h1-41H/i33D,34D,37D,38D. The molecule has 278 valence electrons. The molecule has 10 aromatic rings. The van der Waals surface area contributed by atoms with E-state index >= 15 is 0 Å². The largest absolute Gasteiger partial charge is 0.310 e. The van der Waals surface area contributed by atoms with Gasteiger partial charge >= 0.3 is 0 Å². The normalized spacial score (nSPS) is 12.0. The number of benzene rings is 10. The number of fused-ring (bicyclic) bond motifs is 1. The summed E-state index contributed by atoms with van der Waals surface area (Å²) in [7, 11) is 0. The Morgan fingerprint density at radius 3 is 1.39 bits per heavy atom. The Morgan fingerprint density at radius 2 is 0.712 bits per heavy atom. The van der Waals surface area contributed by atoms with Gasteiger partial charge in [-0.2, -0.15) is 0 Å². The van der Waals surface area contributed by atoms with Gasteiger partial charge in [0.05, 0.1) is 11.2 Å². The molecule has 0 bridgehead atoms. The molecule has 0 unspecified atom stereocenters. The van der Waals surface area contributed by atoms with E-state index in [1.54, 1.807) is 0 Å². The van der Waals surface area contributed by atoms with Gasteiger partial charge in [0.2, 0.25) is 0 Å². The summed E-state index contributed by atoms with van der Waals surface area (Å²) in [4.78, 5) is 1.89. The SMILES string of the molecule is [2H]c1c([2H])c(N(c2ccc(-c3cccc(-c4cccc5ccccc45)c3)cc2)c2ccccc2-c2ccc(-c3ccccc3)cc2)c([2H])c([2H])c1-c1ccc(-c2ccccc2)cc1. The van der Waals surface area contributed by atoms with Crippen LogP contribution in [0.2, 0.25) is 0 Å². The number of hydrogen-bond acceptors (Lipinski definition) is 1. The third-order valence-corrected chi connectivity index (χ3v) is 11.0. The first-order valence-corrected chi connectivity index (χ1v) is 19.9. The van der Waals surface area contributed by atoms with Crippen molar-refractivity contribution >= 4 is 27.8 Å². The number of rotatable bonds is 9. The Balaban J connectivity index is 1.09. The van der Waals surface area contributed by atoms with Crippen molar-refractivity contribution < 1.29 is 5.48 Å². The third kappa shape index (κ3) is 7.34.